The number of ether oxygens (including phenoxy) is 1. The summed E-state index contributed by atoms with van der Waals surface area (Å²) in [5.74, 6) is 0.957. The fraction of sp³-hybridized carbons (Fsp3) is 0.692. The molecule has 2 heterocycles. The zero-order chi connectivity index (χ0) is 13.8. The van der Waals surface area contributed by atoms with Gasteiger partial charge in [0.25, 0.3) is 5.56 Å². The monoisotopic (exact) mass is 266 g/mol. The summed E-state index contributed by atoms with van der Waals surface area (Å²) in [6.45, 7) is 6.07. The molecule has 0 bridgehead atoms. The normalized spacial score (nSPS) is 19.2. The quantitative estimate of drug-likeness (QED) is 0.823. The van der Waals surface area contributed by atoms with E-state index in [0.29, 0.717) is 23.7 Å². The van der Waals surface area contributed by atoms with E-state index in [1.54, 1.807) is 0 Å². The highest BCUT2D eigenvalue weighted by molar-refractivity contribution is 5.52. The third kappa shape index (κ3) is 3.07. The summed E-state index contributed by atoms with van der Waals surface area (Å²) in [5, 5.41) is 3.44. The Balaban J connectivity index is 2.20. The highest BCUT2D eigenvalue weighted by atomic mass is 16.5. The molecule has 0 amide bonds. The molecular formula is C13H22N4O2. The lowest BCUT2D eigenvalue weighted by molar-refractivity contribution is 0.404. The van der Waals surface area contributed by atoms with Gasteiger partial charge >= 0.3 is 0 Å². The molecule has 1 aliphatic heterocycles. The lowest BCUT2D eigenvalue weighted by Crippen LogP contribution is -2.41. The molecule has 1 fully saturated rings. The van der Waals surface area contributed by atoms with Crippen molar-refractivity contribution in [2.75, 3.05) is 25.1 Å². The van der Waals surface area contributed by atoms with Gasteiger partial charge in [-0.25, -0.2) is 4.98 Å². The van der Waals surface area contributed by atoms with Crippen LogP contribution in [0.25, 0.3) is 0 Å². The van der Waals surface area contributed by atoms with Crippen LogP contribution in [0.5, 0.6) is 5.75 Å². The van der Waals surface area contributed by atoms with E-state index < -0.39 is 0 Å². The maximum absolute atomic E-state index is 11.7. The van der Waals surface area contributed by atoms with E-state index in [-0.39, 0.29) is 5.56 Å². The third-order valence-corrected chi connectivity index (χ3v) is 3.41. The van der Waals surface area contributed by atoms with E-state index in [2.05, 4.69) is 34.0 Å². The van der Waals surface area contributed by atoms with E-state index in [4.69, 9.17) is 4.74 Å². The second-order valence-corrected chi connectivity index (χ2v) is 5.14. The Kier molecular flexibility index (Phi) is 4.42. The summed E-state index contributed by atoms with van der Waals surface area (Å²) < 4.78 is 5.19. The number of rotatable bonds is 5. The summed E-state index contributed by atoms with van der Waals surface area (Å²) in [5.41, 5.74) is -0.227. The van der Waals surface area contributed by atoms with Crippen molar-refractivity contribution in [3.63, 3.8) is 0 Å². The van der Waals surface area contributed by atoms with Crippen LogP contribution in [0.4, 0.5) is 5.82 Å². The topological polar surface area (TPSA) is 70.2 Å². The Morgan fingerprint density at radius 1 is 1.63 bits per heavy atom. The van der Waals surface area contributed by atoms with Crippen LogP contribution in [0.1, 0.15) is 26.7 Å². The smallest absolute Gasteiger partial charge is 0.295 e. The predicted octanol–water partition coefficient (Wildman–Crippen LogP) is 0.745. The third-order valence-electron chi connectivity index (χ3n) is 3.41. The molecule has 1 atom stereocenters. The van der Waals surface area contributed by atoms with Crippen LogP contribution in [-0.2, 0) is 0 Å². The summed E-state index contributed by atoms with van der Waals surface area (Å²) in [6, 6.07) is 0.821. The van der Waals surface area contributed by atoms with Crippen molar-refractivity contribution in [2.45, 2.75) is 38.8 Å². The fourth-order valence-corrected chi connectivity index (χ4v) is 2.46. The van der Waals surface area contributed by atoms with Crippen LogP contribution in [0.2, 0.25) is 0 Å². The summed E-state index contributed by atoms with van der Waals surface area (Å²) in [7, 11) is 1.51. The first-order valence-electron chi connectivity index (χ1n) is 6.75. The SMILES string of the molecule is COc1c(N2CCCC2CNC(C)C)nc[nH]c1=O. The Labute approximate surface area is 113 Å². The number of H-pyrrole nitrogens is 1. The first-order valence-corrected chi connectivity index (χ1v) is 6.75. The number of hydrogen-bond acceptors (Lipinski definition) is 5. The molecule has 1 aliphatic rings. The summed E-state index contributed by atoms with van der Waals surface area (Å²) in [6.07, 6.45) is 3.66. The molecule has 106 valence electrons. The number of hydrogen-bond donors (Lipinski definition) is 2. The minimum absolute atomic E-state index is 0.227. The zero-order valence-corrected chi connectivity index (χ0v) is 11.8. The standard InChI is InChI=1S/C13H22N4O2/c1-9(2)14-7-10-5-4-6-17(10)12-11(19-3)13(18)16-8-15-12/h8-10,14H,4-7H2,1-3H3,(H,15,16,18). The average Bonchev–Trinajstić information content (AvgIpc) is 2.84. The number of anilines is 1. The van der Waals surface area contributed by atoms with E-state index in [1.807, 2.05) is 0 Å². The van der Waals surface area contributed by atoms with Crippen molar-refractivity contribution in [1.29, 1.82) is 0 Å². The predicted molar refractivity (Wildman–Crippen MR) is 74.9 cm³/mol. The van der Waals surface area contributed by atoms with Gasteiger partial charge < -0.3 is 19.9 Å². The molecule has 0 aromatic carbocycles. The highest BCUT2D eigenvalue weighted by Gasteiger charge is 2.28. The van der Waals surface area contributed by atoms with Crippen molar-refractivity contribution in [1.82, 2.24) is 15.3 Å². The zero-order valence-electron chi connectivity index (χ0n) is 11.8. The van der Waals surface area contributed by atoms with Crippen LogP contribution in [0, 0.1) is 0 Å². The van der Waals surface area contributed by atoms with Crippen molar-refractivity contribution in [2.24, 2.45) is 0 Å². The molecule has 2 rings (SSSR count). The molecular weight excluding hydrogens is 244 g/mol. The van der Waals surface area contributed by atoms with Crippen LogP contribution < -0.4 is 20.5 Å². The van der Waals surface area contributed by atoms with Gasteiger partial charge in [-0.3, -0.25) is 4.79 Å². The molecule has 1 unspecified atom stereocenters. The number of nitrogens with one attached hydrogen (secondary N) is 2. The highest BCUT2D eigenvalue weighted by Crippen LogP contribution is 2.28. The fourth-order valence-electron chi connectivity index (χ4n) is 2.46. The van der Waals surface area contributed by atoms with E-state index in [9.17, 15) is 4.79 Å². The lowest BCUT2D eigenvalue weighted by atomic mass is 10.2. The van der Waals surface area contributed by atoms with Crippen molar-refractivity contribution < 1.29 is 4.74 Å². The molecule has 1 aromatic rings. The minimum Gasteiger partial charge on any atom is -0.489 e. The number of aromatic nitrogens is 2. The van der Waals surface area contributed by atoms with Gasteiger partial charge in [0.2, 0.25) is 5.75 Å². The van der Waals surface area contributed by atoms with Crippen LogP contribution in [0.3, 0.4) is 0 Å². The van der Waals surface area contributed by atoms with Crippen LogP contribution >= 0.6 is 0 Å². The first kappa shape index (κ1) is 13.9. The van der Waals surface area contributed by atoms with Crippen LogP contribution in [0.15, 0.2) is 11.1 Å². The molecule has 0 saturated carbocycles. The van der Waals surface area contributed by atoms with Crippen LogP contribution in [-0.4, -0.2) is 42.3 Å². The molecule has 6 nitrogen and oxygen atoms in total. The second-order valence-electron chi connectivity index (χ2n) is 5.14. The van der Waals surface area contributed by atoms with Gasteiger partial charge in [0.05, 0.1) is 13.4 Å². The first-order chi connectivity index (χ1) is 9.13. The van der Waals surface area contributed by atoms with Gasteiger partial charge in [-0.05, 0) is 12.8 Å². The Hall–Kier alpha value is -1.56. The molecule has 0 radical (unpaired) electrons. The summed E-state index contributed by atoms with van der Waals surface area (Å²) in [4.78, 5) is 20.7. The van der Waals surface area contributed by atoms with Gasteiger partial charge in [-0.1, -0.05) is 13.8 Å². The van der Waals surface area contributed by atoms with Crippen molar-refractivity contribution >= 4 is 5.82 Å². The lowest BCUT2D eigenvalue weighted by Gasteiger charge is -2.27. The van der Waals surface area contributed by atoms with E-state index in [0.717, 1.165) is 25.9 Å². The molecule has 2 N–H and O–H groups in total. The molecule has 0 aliphatic carbocycles. The Morgan fingerprint density at radius 2 is 2.42 bits per heavy atom. The minimum atomic E-state index is -0.227. The Bertz CT molecular complexity index is 472. The second kappa shape index (κ2) is 6.06. The summed E-state index contributed by atoms with van der Waals surface area (Å²) >= 11 is 0. The van der Waals surface area contributed by atoms with E-state index >= 15 is 0 Å². The van der Waals surface area contributed by atoms with Crippen molar-refractivity contribution in [3.8, 4) is 5.75 Å². The van der Waals surface area contributed by atoms with Gasteiger partial charge in [-0.15, -0.1) is 0 Å². The van der Waals surface area contributed by atoms with Gasteiger partial charge in [0.15, 0.2) is 5.82 Å². The largest absolute Gasteiger partial charge is 0.489 e. The van der Waals surface area contributed by atoms with E-state index in [1.165, 1.54) is 13.4 Å². The van der Waals surface area contributed by atoms with Gasteiger partial charge in [0.1, 0.15) is 0 Å². The van der Waals surface area contributed by atoms with Crippen molar-refractivity contribution in [3.05, 3.63) is 16.7 Å². The maximum atomic E-state index is 11.7. The molecule has 6 heteroatoms. The molecule has 1 saturated heterocycles. The maximum Gasteiger partial charge on any atom is 0.295 e. The number of methoxy groups -OCH3 is 1. The number of aromatic amines is 1. The molecule has 1 aromatic heterocycles. The average molecular weight is 266 g/mol. The van der Waals surface area contributed by atoms with Gasteiger partial charge in [0, 0.05) is 25.2 Å². The Morgan fingerprint density at radius 3 is 3.11 bits per heavy atom. The molecule has 19 heavy (non-hydrogen) atoms. The number of nitrogens with zero attached hydrogens (tertiary/aromatic N) is 2. The van der Waals surface area contributed by atoms with Gasteiger partial charge in [-0.2, -0.15) is 0 Å². The molecule has 0 spiro atoms.